The summed E-state index contributed by atoms with van der Waals surface area (Å²) in [7, 11) is 0. The minimum Gasteiger partial charge on any atom is -0.344 e. The van der Waals surface area contributed by atoms with E-state index in [1.54, 1.807) is 5.56 Å². The van der Waals surface area contributed by atoms with Gasteiger partial charge in [-0.05, 0) is 49.8 Å². The summed E-state index contributed by atoms with van der Waals surface area (Å²) >= 11 is 2.08. The second kappa shape index (κ2) is 4.39. The van der Waals surface area contributed by atoms with Crippen LogP contribution in [0, 0.1) is 0 Å². The summed E-state index contributed by atoms with van der Waals surface area (Å²) in [6.07, 6.45) is 8.40. The molecule has 1 saturated heterocycles. The number of thioether (sulfide) groups is 1. The van der Waals surface area contributed by atoms with Crippen molar-refractivity contribution in [3.8, 4) is 0 Å². The van der Waals surface area contributed by atoms with E-state index < -0.39 is 0 Å². The van der Waals surface area contributed by atoms with E-state index in [1.165, 1.54) is 62.2 Å². The molecule has 1 saturated carbocycles. The van der Waals surface area contributed by atoms with Crippen LogP contribution in [-0.2, 0) is 0 Å². The van der Waals surface area contributed by atoms with Gasteiger partial charge >= 0.3 is 0 Å². The summed E-state index contributed by atoms with van der Waals surface area (Å²) in [5, 5.41) is 0.609. The number of anilines is 1. The first-order valence-corrected chi connectivity index (χ1v) is 8.61. The van der Waals surface area contributed by atoms with Gasteiger partial charge in [0.15, 0.2) is 0 Å². The maximum atomic E-state index is 2.82. The molecule has 1 aromatic rings. The second-order valence-electron chi connectivity index (χ2n) is 6.45. The number of hydrogen-bond acceptors (Lipinski definition) is 4. The molecule has 1 unspecified atom stereocenters. The molecule has 6 rings (SSSR count). The van der Waals surface area contributed by atoms with Gasteiger partial charge in [-0.15, -0.1) is 0 Å². The number of likely N-dealkylation sites (tertiary alicyclic amines) is 1. The lowest BCUT2D eigenvalue weighted by Crippen LogP contribution is -2.66. The van der Waals surface area contributed by atoms with Gasteiger partial charge in [0, 0.05) is 18.0 Å². The van der Waals surface area contributed by atoms with Crippen molar-refractivity contribution in [2.75, 3.05) is 18.0 Å². The zero-order valence-electron chi connectivity index (χ0n) is 12.0. The van der Waals surface area contributed by atoms with Crippen LogP contribution in [0.3, 0.4) is 0 Å². The summed E-state index contributed by atoms with van der Waals surface area (Å²) in [4.78, 5) is 7.14. The smallest absolute Gasteiger partial charge is 0.107 e. The lowest BCUT2D eigenvalue weighted by molar-refractivity contribution is -0.00286. The van der Waals surface area contributed by atoms with Gasteiger partial charge in [0.2, 0.25) is 0 Å². The molecule has 4 bridgehead atoms. The van der Waals surface area contributed by atoms with E-state index in [9.17, 15) is 0 Å². The maximum Gasteiger partial charge on any atom is 0.107 e. The molecule has 4 heterocycles. The fourth-order valence-corrected chi connectivity index (χ4v) is 5.88. The summed E-state index contributed by atoms with van der Waals surface area (Å²) < 4.78 is 0. The summed E-state index contributed by atoms with van der Waals surface area (Å²) in [5.74, 6) is 0. The Labute approximate surface area is 125 Å². The fraction of sp³-hybridized carbons (Fsp3) is 0.625. The van der Waals surface area contributed by atoms with Crippen LogP contribution in [-0.4, -0.2) is 23.7 Å². The lowest BCUT2D eigenvalue weighted by Gasteiger charge is -2.59. The molecule has 1 aliphatic carbocycles. The highest BCUT2D eigenvalue weighted by molar-refractivity contribution is 8.00. The van der Waals surface area contributed by atoms with Crippen LogP contribution >= 0.6 is 11.8 Å². The predicted molar refractivity (Wildman–Crippen MR) is 84.5 cm³/mol. The Balaban J connectivity index is 0.00000106. The van der Waals surface area contributed by atoms with Crippen LogP contribution in [0.4, 0.5) is 5.69 Å². The number of nitrogens with zero attached hydrogens (tertiary/aromatic N) is 2. The minimum absolute atomic E-state index is 0. The zero-order valence-corrected chi connectivity index (χ0v) is 12.8. The van der Waals surface area contributed by atoms with E-state index in [-0.39, 0.29) is 6.15 Å². The molecule has 108 valence electrons. The molecule has 5 aliphatic rings. The third-order valence-electron chi connectivity index (χ3n) is 5.55. The molecule has 4 heteroatoms. The van der Waals surface area contributed by atoms with Crippen LogP contribution < -0.4 is 11.1 Å². The SMILES string of the molecule is N.c1cc2c3cc1C(S3)N2C1(N2CCCCC2)CCC1. The topological polar surface area (TPSA) is 41.5 Å². The van der Waals surface area contributed by atoms with E-state index in [1.807, 2.05) is 0 Å². The van der Waals surface area contributed by atoms with Gasteiger partial charge in [-0.2, -0.15) is 0 Å². The fourth-order valence-electron chi connectivity index (χ4n) is 4.45. The van der Waals surface area contributed by atoms with Crippen LogP contribution in [0.15, 0.2) is 23.1 Å². The molecule has 3 N–H and O–H groups in total. The Kier molecular flexibility index (Phi) is 2.85. The van der Waals surface area contributed by atoms with E-state index in [4.69, 9.17) is 0 Å². The molecule has 0 spiro atoms. The van der Waals surface area contributed by atoms with Crippen molar-refractivity contribution >= 4 is 17.4 Å². The third kappa shape index (κ3) is 1.45. The first-order chi connectivity index (χ1) is 9.38. The van der Waals surface area contributed by atoms with Gasteiger partial charge in [0.05, 0.1) is 11.4 Å². The standard InChI is InChI=1S/C16H20N2S.H3N/c1-2-9-17(10-3-1)16(7-4-8-16)18-13-6-5-12-11-14(13)19-15(12)18;/h5-6,11,15H,1-4,7-10H2;1H3. The van der Waals surface area contributed by atoms with Gasteiger partial charge in [-0.3, -0.25) is 4.90 Å². The van der Waals surface area contributed by atoms with E-state index in [2.05, 4.69) is 39.8 Å². The molecule has 0 radical (unpaired) electrons. The van der Waals surface area contributed by atoms with Crippen LogP contribution in [0.5, 0.6) is 0 Å². The van der Waals surface area contributed by atoms with Crippen molar-refractivity contribution in [2.24, 2.45) is 0 Å². The summed E-state index contributed by atoms with van der Waals surface area (Å²) in [6, 6.07) is 7.11. The summed E-state index contributed by atoms with van der Waals surface area (Å²) in [5.41, 5.74) is 3.44. The number of hydrogen-bond donors (Lipinski definition) is 1. The third-order valence-corrected chi connectivity index (χ3v) is 6.84. The molecule has 0 amide bonds. The van der Waals surface area contributed by atoms with Crippen LogP contribution in [0.25, 0.3) is 0 Å². The van der Waals surface area contributed by atoms with Crippen molar-refractivity contribution < 1.29 is 0 Å². The van der Waals surface area contributed by atoms with E-state index in [0.717, 1.165) is 0 Å². The maximum absolute atomic E-state index is 2.82. The van der Waals surface area contributed by atoms with Crippen molar-refractivity contribution in [3.05, 3.63) is 23.8 Å². The highest BCUT2D eigenvalue weighted by Crippen LogP contribution is 2.63. The second-order valence-corrected chi connectivity index (χ2v) is 7.57. The van der Waals surface area contributed by atoms with Crippen molar-refractivity contribution in [2.45, 2.75) is 54.5 Å². The number of fused-ring (bicyclic) bond motifs is 1. The molecular formula is C16H23N3S. The minimum atomic E-state index is 0. The lowest BCUT2D eigenvalue weighted by atomic mass is 9.79. The molecule has 3 nitrogen and oxygen atoms in total. The van der Waals surface area contributed by atoms with Gasteiger partial charge in [0.1, 0.15) is 5.37 Å². The van der Waals surface area contributed by atoms with Gasteiger partial charge in [-0.1, -0.05) is 24.2 Å². The predicted octanol–water partition coefficient (Wildman–Crippen LogP) is 4.14. The Morgan fingerprint density at radius 1 is 1.05 bits per heavy atom. The molecule has 2 fully saturated rings. The number of piperidine rings is 1. The van der Waals surface area contributed by atoms with Crippen LogP contribution in [0.2, 0.25) is 0 Å². The molecule has 1 atom stereocenters. The van der Waals surface area contributed by atoms with Crippen molar-refractivity contribution in [1.29, 1.82) is 0 Å². The van der Waals surface area contributed by atoms with Crippen LogP contribution in [0.1, 0.15) is 49.5 Å². The van der Waals surface area contributed by atoms with Gasteiger partial charge < -0.3 is 11.1 Å². The number of rotatable bonds is 2. The highest BCUT2D eigenvalue weighted by Gasteiger charge is 2.54. The van der Waals surface area contributed by atoms with E-state index in [0.29, 0.717) is 11.0 Å². The highest BCUT2D eigenvalue weighted by atomic mass is 32.2. The molecular weight excluding hydrogens is 266 g/mol. The monoisotopic (exact) mass is 289 g/mol. The Morgan fingerprint density at radius 3 is 2.45 bits per heavy atom. The van der Waals surface area contributed by atoms with Gasteiger partial charge in [-0.25, -0.2) is 0 Å². The Morgan fingerprint density at radius 2 is 1.85 bits per heavy atom. The summed E-state index contributed by atoms with van der Waals surface area (Å²) in [6.45, 7) is 2.64. The molecule has 20 heavy (non-hydrogen) atoms. The first kappa shape index (κ1) is 13.0. The zero-order chi connectivity index (χ0) is 12.4. The van der Waals surface area contributed by atoms with E-state index >= 15 is 0 Å². The Bertz CT molecular complexity index is 535. The van der Waals surface area contributed by atoms with Crippen molar-refractivity contribution in [3.63, 3.8) is 0 Å². The average Bonchev–Trinajstić information content (AvgIpc) is 2.92. The largest absolute Gasteiger partial charge is 0.344 e. The average molecular weight is 289 g/mol. The number of benzene rings is 1. The molecule has 4 aliphatic heterocycles. The quantitative estimate of drug-likeness (QED) is 0.888. The van der Waals surface area contributed by atoms with Gasteiger partial charge in [0.25, 0.3) is 0 Å². The molecule has 1 aromatic carbocycles. The first-order valence-electron chi connectivity index (χ1n) is 7.74. The normalized spacial score (nSPS) is 29.4. The molecule has 0 aromatic heterocycles. The van der Waals surface area contributed by atoms with Crippen molar-refractivity contribution in [1.82, 2.24) is 11.1 Å². The Hall–Kier alpha value is -0.710.